The van der Waals surface area contributed by atoms with Crippen molar-refractivity contribution in [1.82, 2.24) is 9.55 Å². The first-order valence-corrected chi connectivity index (χ1v) is 8.57. The Labute approximate surface area is 142 Å². The monoisotopic (exact) mass is 330 g/mol. The third-order valence-corrected chi connectivity index (χ3v) is 4.62. The highest BCUT2D eigenvalue weighted by Gasteiger charge is 2.36. The molecule has 0 saturated heterocycles. The van der Waals surface area contributed by atoms with Crippen LogP contribution in [0.4, 0.5) is 0 Å². The zero-order valence-electron chi connectivity index (χ0n) is 15.0. The van der Waals surface area contributed by atoms with Crippen LogP contribution in [0.15, 0.2) is 18.3 Å². The lowest BCUT2D eigenvalue weighted by molar-refractivity contribution is 0.00701. The number of esters is 1. The van der Waals surface area contributed by atoms with Crippen molar-refractivity contribution in [2.45, 2.75) is 65.2 Å². The van der Waals surface area contributed by atoms with E-state index in [0.29, 0.717) is 11.5 Å². The summed E-state index contributed by atoms with van der Waals surface area (Å²) in [6, 6.07) is 3.58. The van der Waals surface area contributed by atoms with E-state index in [9.17, 15) is 9.90 Å². The predicted octanol–water partition coefficient (Wildman–Crippen LogP) is 3.63. The van der Waals surface area contributed by atoms with Crippen LogP contribution in [-0.2, 0) is 4.74 Å². The molecule has 2 atom stereocenters. The summed E-state index contributed by atoms with van der Waals surface area (Å²) < 4.78 is 7.57. The Balaban J connectivity index is 2.10. The zero-order valence-corrected chi connectivity index (χ0v) is 15.0. The largest absolute Gasteiger partial charge is 0.456 e. The Morgan fingerprint density at radius 2 is 2.08 bits per heavy atom. The second-order valence-corrected chi connectivity index (χ2v) is 7.78. The minimum absolute atomic E-state index is 0.133. The van der Waals surface area contributed by atoms with Crippen LogP contribution in [0.3, 0.4) is 0 Å². The van der Waals surface area contributed by atoms with Gasteiger partial charge in [0.05, 0.1) is 17.7 Å². The number of aliphatic hydroxyl groups excluding tert-OH is 1. The van der Waals surface area contributed by atoms with Gasteiger partial charge in [0.15, 0.2) is 0 Å². The average molecular weight is 330 g/mol. The molecule has 24 heavy (non-hydrogen) atoms. The molecule has 0 aliphatic heterocycles. The number of hydrogen-bond donors (Lipinski definition) is 1. The summed E-state index contributed by atoms with van der Waals surface area (Å²) in [5, 5.41) is 11.3. The molecule has 5 heteroatoms. The molecule has 1 aliphatic rings. The van der Waals surface area contributed by atoms with Crippen molar-refractivity contribution in [1.29, 1.82) is 0 Å². The quantitative estimate of drug-likeness (QED) is 0.870. The van der Waals surface area contributed by atoms with Crippen molar-refractivity contribution in [2.75, 3.05) is 0 Å². The number of rotatable bonds is 4. The fraction of sp³-hybridized carbons (Fsp3) is 0.579. The Morgan fingerprint density at radius 3 is 2.67 bits per heavy atom. The van der Waals surface area contributed by atoms with Crippen molar-refractivity contribution in [2.24, 2.45) is 5.92 Å². The van der Waals surface area contributed by atoms with Crippen LogP contribution in [-0.4, -0.2) is 32.3 Å². The number of aliphatic hydroxyl groups is 1. The maximum Gasteiger partial charge on any atom is 0.341 e. The Hall–Kier alpha value is -1.88. The molecule has 0 amide bonds. The first-order chi connectivity index (χ1) is 11.2. The third-order valence-electron chi connectivity index (χ3n) is 4.62. The minimum atomic E-state index is -0.556. The predicted molar refractivity (Wildman–Crippen MR) is 93.1 cm³/mol. The van der Waals surface area contributed by atoms with E-state index in [-0.39, 0.29) is 12.0 Å². The van der Waals surface area contributed by atoms with Crippen LogP contribution in [0.5, 0.6) is 0 Å². The maximum absolute atomic E-state index is 12.7. The lowest BCUT2D eigenvalue weighted by Gasteiger charge is -2.23. The van der Waals surface area contributed by atoms with Gasteiger partial charge in [0.1, 0.15) is 11.2 Å². The first kappa shape index (κ1) is 17.0. The summed E-state index contributed by atoms with van der Waals surface area (Å²) in [4.78, 5) is 17.2. The minimum Gasteiger partial charge on any atom is -0.456 e. The maximum atomic E-state index is 12.7. The Bertz CT molecular complexity index is 769. The zero-order chi connectivity index (χ0) is 17.6. The summed E-state index contributed by atoms with van der Waals surface area (Å²) in [7, 11) is 0. The van der Waals surface area contributed by atoms with Gasteiger partial charge in [0, 0.05) is 17.3 Å². The fourth-order valence-corrected chi connectivity index (χ4v) is 3.33. The standard InChI is InChI=1S/C19H26N2O3/c1-11-15(18(23)24-19(3,4)5)14-7-6-10-20-17(14)21(11)12(2)16(22)13-8-9-13/h6-7,10,12-13,16,22H,8-9H2,1-5H3. The number of carbonyl (C=O) groups is 1. The molecular weight excluding hydrogens is 304 g/mol. The lowest BCUT2D eigenvalue weighted by atomic mass is 10.1. The van der Waals surface area contributed by atoms with Gasteiger partial charge >= 0.3 is 5.97 Å². The lowest BCUT2D eigenvalue weighted by Crippen LogP contribution is -2.26. The molecule has 0 spiro atoms. The second-order valence-electron chi connectivity index (χ2n) is 7.78. The van der Waals surface area contributed by atoms with Crippen molar-refractivity contribution < 1.29 is 14.6 Å². The van der Waals surface area contributed by atoms with Gasteiger partial charge in [-0.1, -0.05) is 0 Å². The summed E-state index contributed by atoms with van der Waals surface area (Å²) in [5.74, 6) is 0.00963. The van der Waals surface area contributed by atoms with Crippen molar-refractivity contribution in [3.63, 3.8) is 0 Å². The van der Waals surface area contributed by atoms with Gasteiger partial charge in [-0.15, -0.1) is 0 Å². The molecular formula is C19H26N2O3. The van der Waals surface area contributed by atoms with Crippen LogP contribution in [0, 0.1) is 12.8 Å². The molecule has 1 aliphatic carbocycles. The van der Waals surface area contributed by atoms with Crippen LogP contribution in [0.1, 0.15) is 62.6 Å². The molecule has 2 unspecified atom stereocenters. The smallest absolute Gasteiger partial charge is 0.341 e. The van der Waals surface area contributed by atoms with Gasteiger partial charge in [-0.3, -0.25) is 0 Å². The topological polar surface area (TPSA) is 64.3 Å². The summed E-state index contributed by atoms with van der Waals surface area (Å²) in [6.07, 6.45) is 3.42. The molecule has 2 aromatic heterocycles. The first-order valence-electron chi connectivity index (χ1n) is 8.57. The number of nitrogens with zero attached hydrogens (tertiary/aromatic N) is 2. The van der Waals surface area contributed by atoms with Crippen LogP contribution >= 0.6 is 0 Å². The van der Waals surface area contributed by atoms with E-state index >= 15 is 0 Å². The van der Waals surface area contributed by atoms with Gasteiger partial charge in [-0.25, -0.2) is 9.78 Å². The van der Waals surface area contributed by atoms with E-state index in [0.717, 1.165) is 29.6 Å². The highest BCUT2D eigenvalue weighted by molar-refractivity contribution is 6.05. The van der Waals surface area contributed by atoms with Crippen molar-refractivity contribution in [3.8, 4) is 0 Å². The van der Waals surface area contributed by atoms with E-state index in [1.165, 1.54) is 0 Å². The number of hydrogen-bond acceptors (Lipinski definition) is 4. The van der Waals surface area contributed by atoms with Gasteiger partial charge < -0.3 is 14.4 Å². The van der Waals surface area contributed by atoms with E-state index in [1.807, 2.05) is 51.3 Å². The van der Waals surface area contributed by atoms with Gasteiger partial charge in [0.25, 0.3) is 0 Å². The molecule has 5 nitrogen and oxygen atoms in total. The molecule has 1 saturated carbocycles. The molecule has 1 fully saturated rings. The molecule has 3 rings (SSSR count). The van der Waals surface area contributed by atoms with Crippen LogP contribution in [0.25, 0.3) is 11.0 Å². The average Bonchev–Trinajstić information content (AvgIpc) is 3.27. The summed E-state index contributed by atoms with van der Waals surface area (Å²) in [6.45, 7) is 9.46. The summed E-state index contributed by atoms with van der Waals surface area (Å²) in [5.41, 5.74) is 1.51. The number of pyridine rings is 1. The van der Waals surface area contributed by atoms with Gasteiger partial charge in [-0.05, 0) is 65.5 Å². The number of ether oxygens (including phenoxy) is 1. The van der Waals surface area contributed by atoms with Crippen LogP contribution in [0.2, 0.25) is 0 Å². The van der Waals surface area contributed by atoms with Crippen molar-refractivity contribution in [3.05, 3.63) is 29.6 Å². The third kappa shape index (κ3) is 3.05. The molecule has 0 bridgehead atoms. The van der Waals surface area contributed by atoms with Crippen LogP contribution < -0.4 is 0 Å². The fourth-order valence-electron chi connectivity index (χ4n) is 3.33. The van der Waals surface area contributed by atoms with E-state index in [1.54, 1.807) is 6.20 Å². The summed E-state index contributed by atoms with van der Waals surface area (Å²) >= 11 is 0. The number of carbonyl (C=O) groups excluding carboxylic acids is 1. The SMILES string of the molecule is Cc1c(C(=O)OC(C)(C)C)c2cccnc2n1C(C)C(O)C1CC1. The molecule has 2 aromatic rings. The Morgan fingerprint density at radius 1 is 1.42 bits per heavy atom. The second kappa shape index (κ2) is 5.88. The van der Waals surface area contributed by atoms with E-state index < -0.39 is 11.7 Å². The molecule has 0 radical (unpaired) electrons. The Kier molecular flexibility index (Phi) is 4.16. The van der Waals surface area contributed by atoms with Gasteiger partial charge in [-0.2, -0.15) is 0 Å². The molecule has 2 heterocycles. The van der Waals surface area contributed by atoms with E-state index in [2.05, 4.69) is 4.98 Å². The highest BCUT2D eigenvalue weighted by Crippen LogP contribution is 2.39. The normalized spacial score (nSPS) is 17.8. The molecule has 1 N–H and O–H groups in total. The molecule has 130 valence electrons. The molecule has 0 aromatic carbocycles. The van der Waals surface area contributed by atoms with Gasteiger partial charge in [0.2, 0.25) is 0 Å². The van der Waals surface area contributed by atoms with E-state index in [4.69, 9.17) is 4.74 Å². The highest BCUT2D eigenvalue weighted by atomic mass is 16.6. The number of aromatic nitrogens is 2. The van der Waals surface area contributed by atoms with Crippen molar-refractivity contribution >= 4 is 17.0 Å². The number of fused-ring (bicyclic) bond motifs is 1.